The number of likely N-dealkylation sites (N-methyl/N-ethyl adjacent to an activating group) is 1. The maximum Gasteiger partial charge on any atom is 0.114 e. The molecular weight excluding hydrogens is 214 g/mol. The van der Waals surface area contributed by atoms with E-state index < -0.39 is 0 Å². The topological polar surface area (TPSA) is 39.5 Å². The summed E-state index contributed by atoms with van der Waals surface area (Å²) in [5, 5.41) is 9.63. The van der Waals surface area contributed by atoms with Crippen molar-refractivity contribution in [3.05, 3.63) is 0 Å². The molecule has 2 saturated heterocycles. The number of rotatable bonds is 1. The first kappa shape index (κ1) is 12.8. The second-order valence-corrected chi connectivity index (χ2v) is 5.97. The third-order valence-electron chi connectivity index (χ3n) is 4.04. The molecule has 2 rings (SSSR count). The molecule has 0 bridgehead atoms. The van der Waals surface area contributed by atoms with Crippen LogP contribution in [0.3, 0.4) is 0 Å². The normalized spacial score (nSPS) is 35.4. The lowest BCUT2D eigenvalue weighted by atomic mass is 9.80. The van der Waals surface area contributed by atoms with Crippen LogP contribution in [0.2, 0.25) is 0 Å². The van der Waals surface area contributed by atoms with Crippen LogP contribution in [-0.2, 0) is 4.74 Å². The summed E-state index contributed by atoms with van der Waals surface area (Å²) < 4.78 is 5.75. The Morgan fingerprint density at radius 1 is 1.18 bits per heavy atom. The van der Waals surface area contributed by atoms with Crippen molar-refractivity contribution in [1.82, 2.24) is 9.80 Å². The van der Waals surface area contributed by atoms with Gasteiger partial charge in [-0.25, -0.2) is 0 Å². The summed E-state index contributed by atoms with van der Waals surface area (Å²) in [7, 11) is 2.14. The van der Waals surface area contributed by atoms with Gasteiger partial charge < -0.3 is 9.64 Å². The van der Waals surface area contributed by atoms with Gasteiger partial charge in [0.05, 0.1) is 18.3 Å². The molecule has 2 heterocycles. The lowest BCUT2D eigenvalue weighted by Crippen LogP contribution is -2.60. The molecule has 17 heavy (non-hydrogen) atoms. The number of nitrogens with zero attached hydrogens (tertiary/aromatic N) is 3. The van der Waals surface area contributed by atoms with Crippen molar-refractivity contribution in [2.24, 2.45) is 0 Å². The SMILES string of the molecule is CN1CCN(C2(C#N)CCOC(C)(C)C2)CC1. The molecule has 4 heteroatoms. The Bertz CT molecular complexity index is 315. The highest BCUT2D eigenvalue weighted by molar-refractivity contribution is 5.13. The van der Waals surface area contributed by atoms with E-state index in [9.17, 15) is 5.26 Å². The highest BCUT2D eigenvalue weighted by Gasteiger charge is 2.45. The Morgan fingerprint density at radius 3 is 2.35 bits per heavy atom. The first-order valence-electron chi connectivity index (χ1n) is 6.46. The summed E-state index contributed by atoms with van der Waals surface area (Å²) in [5.41, 5.74) is -0.472. The molecule has 0 aliphatic carbocycles. The van der Waals surface area contributed by atoms with Crippen LogP contribution < -0.4 is 0 Å². The van der Waals surface area contributed by atoms with Gasteiger partial charge >= 0.3 is 0 Å². The molecule has 1 unspecified atom stereocenters. The van der Waals surface area contributed by atoms with E-state index in [2.05, 4.69) is 36.8 Å². The summed E-state index contributed by atoms with van der Waals surface area (Å²) in [4.78, 5) is 4.70. The van der Waals surface area contributed by atoms with Crippen LogP contribution >= 0.6 is 0 Å². The lowest BCUT2D eigenvalue weighted by Gasteiger charge is -2.49. The van der Waals surface area contributed by atoms with Gasteiger partial charge in [-0.05, 0) is 20.9 Å². The second kappa shape index (κ2) is 4.56. The van der Waals surface area contributed by atoms with Gasteiger partial charge in [-0.2, -0.15) is 5.26 Å². The van der Waals surface area contributed by atoms with Crippen molar-refractivity contribution in [2.75, 3.05) is 39.8 Å². The van der Waals surface area contributed by atoms with E-state index in [4.69, 9.17) is 4.74 Å². The Hall–Kier alpha value is -0.630. The van der Waals surface area contributed by atoms with Gasteiger partial charge in [-0.1, -0.05) is 0 Å². The first-order chi connectivity index (χ1) is 7.97. The second-order valence-electron chi connectivity index (χ2n) is 5.97. The number of piperazine rings is 1. The Kier molecular flexibility index (Phi) is 3.44. The zero-order valence-electron chi connectivity index (χ0n) is 11.2. The average Bonchev–Trinajstić information content (AvgIpc) is 2.28. The summed E-state index contributed by atoms with van der Waals surface area (Å²) in [5.74, 6) is 0. The molecule has 0 aromatic heterocycles. The molecule has 0 radical (unpaired) electrons. The lowest BCUT2D eigenvalue weighted by molar-refractivity contribution is -0.108. The molecule has 2 fully saturated rings. The number of hydrogen-bond donors (Lipinski definition) is 0. The van der Waals surface area contributed by atoms with E-state index in [1.807, 2.05) is 0 Å². The molecule has 2 aliphatic heterocycles. The van der Waals surface area contributed by atoms with Crippen molar-refractivity contribution in [1.29, 1.82) is 5.26 Å². The molecule has 4 nitrogen and oxygen atoms in total. The largest absolute Gasteiger partial charge is 0.375 e. The highest BCUT2D eigenvalue weighted by Crippen LogP contribution is 2.36. The summed E-state index contributed by atoms with van der Waals surface area (Å²) in [6.45, 7) is 9.01. The quantitative estimate of drug-likeness (QED) is 0.684. The van der Waals surface area contributed by atoms with E-state index in [1.54, 1.807) is 0 Å². The Balaban J connectivity index is 2.12. The van der Waals surface area contributed by atoms with Crippen molar-refractivity contribution in [3.8, 4) is 6.07 Å². The van der Waals surface area contributed by atoms with Crippen molar-refractivity contribution in [3.63, 3.8) is 0 Å². The monoisotopic (exact) mass is 237 g/mol. The summed E-state index contributed by atoms with van der Waals surface area (Å²) in [6, 6.07) is 2.58. The van der Waals surface area contributed by atoms with Crippen molar-refractivity contribution in [2.45, 2.75) is 37.8 Å². The standard InChI is InChI=1S/C13H23N3O/c1-12(2)10-13(11-14,4-9-17-12)16-7-5-15(3)6-8-16/h4-10H2,1-3H3. The molecule has 0 aromatic rings. The minimum Gasteiger partial charge on any atom is -0.375 e. The molecule has 1 atom stereocenters. The van der Waals surface area contributed by atoms with Crippen LogP contribution in [0.25, 0.3) is 0 Å². The van der Waals surface area contributed by atoms with Crippen LogP contribution in [0.5, 0.6) is 0 Å². The molecule has 2 aliphatic rings. The fourth-order valence-corrected chi connectivity index (χ4v) is 3.01. The zero-order valence-corrected chi connectivity index (χ0v) is 11.2. The number of ether oxygens (including phenoxy) is 1. The Morgan fingerprint density at radius 2 is 1.82 bits per heavy atom. The van der Waals surface area contributed by atoms with E-state index in [1.165, 1.54) is 0 Å². The molecule has 0 N–H and O–H groups in total. The predicted octanol–water partition coefficient (Wildman–Crippen LogP) is 1.09. The van der Waals surface area contributed by atoms with Crippen LogP contribution in [0.15, 0.2) is 0 Å². The zero-order chi connectivity index (χ0) is 12.5. The molecule has 0 aromatic carbocycles. The minimum atomic E-state index is -0.303. The van der Waals surface area contributed by atoms with Gasteiger partial charge in [-0.3, -0.25) is 4.90 Å². The van der Waals surface area contributed by atoms with Crippen molar-refractivity contribution >= 4 is 0 Å². The van der Waals surface area contributed by atoms with Gasteiger partial charge in [0.1, 0.15) is 5.54 Å². The van der Waals surface area contributed by atoms with Gasteiger partial charge in [0.2, 0.25) is 0 Å². The van der Waals surface area contributed by atoms with Gasteiger partial charge in [0.25, 0.3) is 0 Å². The van der Waals surface area contributed by atoms with Crippen molar-refractivity contribution < 1.29 is 4.74 Å². The third-order valence-corrected chi connectivity index (χ3v) is 4.04. The summed E-state index contributed by atoms with van der Waals surface area (Å²) >= 11 is 0. The maximum absolute atomic E-state index is 9.63. The molecule has 0 spiro atoms. The first-order valence-corrected chi connectivity index (χ1v) is 6.46. The summed E-state index contributed by atoms with van der Waals surface area (Å²) in [6.07, 6.45) is 1.66. The van der Waals surface area contributed by atoms with Crippen LogP contribution in [0.4, 0.5) is 0 Å². The fourth-order valence-electron chi connectivity index (χ4n) is 3.01. The van der Waals surface area contributed by atoms with E-state index in [0.29, 0.717) is 6.61 Å². The van der Waals surface area contributed by atoms with E-state index in [0.717, 1.165) is 39.0 Å². The Labute approximate surface area is 104 Å². The smallest absolute Gasteiger partial charge is 0.114 e. The third kappa shape index (κ3) is 2.62. The van der Waals surface area contributed by atoms with Gasteiger partial charge in [0.15, 0.2) is 0 Å². The fraction of sp³-hybridized carbons (Fsp3) is 0.923. The number of hydrogen-bond acceptors (Lipinski definition) is 4. The molecular formula is C13H23N3O. The van der Waals surface area contributed by atoms with Gasteiger partial charge in [0, 0.05) is 39.0 Å². The predicted molar refractivity (Wildman–Crippen MR) is 66.7 cm³/mol. The minimum absolute atomic E-state index is 0.169. The molecule has 0 saturated carbocycles. The van der Waals surface area contributed by atoms with Gasteiger partial charge in [-0.15, -0.1) is 0 Å². The highest BCUT2D eigenvalue weighted by atomic mass is 16.5. The maximum atomic E-state index is 9.63. The molecule has 96 valence electrons. The van der Waals surface area contributed by atoms with Crippen LogP contribution in [-0.4, -0.2) is 60.8 Å². The average molecular weight is 237 g/mol. The molecule has 0 amide bonds. The van der Waals surface area contributed by atoms with Crippen LogP contribution in [0, 0.1) is 11.3 Å². The number of nitriles is 1. The van der Waals surface area contributed by atoms with E-state index in [-0.39, 0.29) is 11.1 Å². The van der Waals surface area contributed by atoms with Crippen LogP contribution in [0.1, 0.15) is 26.7 Å². The van der Waals surface area contributed by atoms with E-state index >= 15 is 0 Å².